The summed E-state index contributed by atoms with van der Waals surface area (Å²) in [6.07, 6.45) is 0. The molecule has 0 spiro atoms. The van der Waals surface area contributed by atoms with E-state index < -0.39 is 16.1 Å². The third-order valence-corrected chi connectivity index (χ3v) is 3.31. The number of aliphatic hydroxyl groups is 1. The molecule has 0 heterocycles. The van der Waals surface area contributed by atoms with Crippen LogP contribution >= 0.6 is 41.3 Å². The monoisotopic (exact) mass is 244 g/mol. The van der Waals surface area contributed by atoms with Crippen molar-refractivity contribution in [1.29, 1.82) is 0 Å². The second kappa shape index (κ2) is 3.42. The van der Waals surface area contributed by atoms with Crippen LogP contribution in [0.25, 0.3) is 0 Å². The van der Waals surface area contributed by atoms with E-state index in [2.05, 4.69) is 11.8 Å². The van der Waals surface area contributed by atoms with Crippen molar-refractivity contribution >= 4 is 53.1 Å². The molecule has 0 radical (unpaired) electrons. The van der Waals surface area contributed by atoms with Gasteiger partial charge in [0.05, 0.1) is 0 Å². The van der Waals surface area contributed by atoms with Crippen LogP contribution in [-0.4, -0.2) is 24.5 Å². The summed E-state index contributed by atoms with van der Waals surface area (Å²) in [6.45, 7) is -3.89. The third-order valence-electron chi connectivity index (χ3n) is 0.611. The van der Waals surface area contributed by atoms with Gasteiger partial charge in [-0.1, -0.05) is 34.8 Å². The van der Waals surface area contributed by atoms with Crippen LogP contribution in [0.15, 0.2) is 0 Å². The Morgan fingerprint density at radius 1 is 1.30 bits per heavy atom. The van der Waals surface area contributed by atoms with Crippen molar-refractivity contribution in [3.63, 3.8) is 0 Å². The summed E-state index contributed by atoms with van der Waals surface area (Å²) >= 11 is 19.3. The second-order valence-corrected chi connectivity index (χ2v) is 7.15. The fourth-order valence-corrected chi connectivity index (χ4v) is 2.79. The van der Waals surface area contributed by atoms with Crippen molar-refractivity contribution in [3.8, 4) is 0 Å². The molecule has 0 fully saturated rings. The Morgan fingerprint density at radius 2 is 1.60 bits per heavy atom. The Bertz CT molecular complexity index is 162. The molecule has 0 saturated heterocycles. The molecular weight excluding hydrogens is 241 g/mol. The molecule has 1 unspecified atom stereocenters. The van der Waals surface area contributed by atoms with Gasteiger partial charge in [-0.2, -0.15) is 0 Å². The van der Waals surface area contributed by atoms with Crippen molar-refractivity contribution in [2.45, 2.75) is 9.64 Å². The van der Waals surface area contributed by atoms with Crippen LogP contribution < -0.4 is 0 Å². The van der Waals surface area contributed by atoms with Crippen LogP contribution in [0.3, 0.4) is 0 Å². The molecule has 62 valence electrons. The molecule has 3 nitrogen and oxygen atoms in total. The fraction of sp³-hybridized carbons (Fsp3) is 1.00. The molecule has 0 aromatic heterocycles. The van der Waals surface area contributed by atoms with Crippen molar-refractivity contribution in [1.82, 2.24) is 0 Å². The summed E-state index contributed by atoms with van der Waals surface area (Å²) in [6, 6.07) is 0. The Morgan fingerprint density at radius 3 is 1.60 bits per heavy atom. The highest BCUT2D eigenvalue weighted by Crippen LogP contribution is 2.50. The molecule has 0 aliphatic carbocycles. The topological polar surface area (TPSA) is 60.7 Å². The molecule has 1 atom stereocenters. The predicted molar refractivity (Wildman–Crippen MR) is 45.0 cm³/mol. The number of hydrogen-bond donors (Lipinski definition) is 3. The molecule has 8 heteroatoms. The zero-order chi connectivity index (χ0) is 8.58. The van der Waals surface area contributed by atoms with Gasteiger partial charge in [0.15, 0.2) is 5.85 Å². The van der Waals surface area contributed by atoms with Gasteiger partial charge in [-0.05, 0) is 11.8 Å². The van der Waals surface area contributed by atoms with E-state index in [0.29, 0.717) is 0 Å². The first-order valence-electron chi connectivity index (χ1n) is 1.95. The minimum atomic E-state index is -3.89. The quantitative estimate of drug-likeness (QED) is 0.476. The van der Waals surface area contributed by atoms with Gasteiger partial charge < -0.3 is 14.9 Å². The lowest BCUT2D eigenvalue weighted by Gasteiger charge is -2.21. The van der Waals surface area contributed by atoms with Gasteiger partial charge in [0, 0.05) is 0 Å². The van der Waals surface area contributed by atoms with Gasteiger partial charge in [0.2, 0.25) is 10.3 Å². The molecule has 0 aromatic carbocycles. The van der Waals surface area contributed by atoms with Gasteiger partial charge in [-0.25, -0.2) is 0 Å². The maximum atomic E-state index is 8.77. The van der Waals surface area contributed by atoms with Crippen LogP contribution in [0.2, 0.25) is 0 Å². The smallest absolute Gasteiger partial charge is 0.225 e. The Kier molecular flexibility index (Phi) is 3.89. The number of halogens is 3. The van der Waals surface area contributed by atoms with E-state index >= 15 is 0 Å². The molecule has 0 aliphatic heterocycles. The number of hydrogen-bond acceptors (Lipinski definition) is 2. The van der Waals surface area contributed by atoms with Crippen molar-refractivity contribution in [3.05, 3.63) is 0 Å². The number of aliphatic hydroxyl groups excluding tert-OH is 1. The lowest BCUT2D eigenvalue weighted by Crippen LogP contribution is -2.24. The lowest BCUT2D eigenvalue weighted by molar-refractivity contribution is 0.230. The van der Waals surface area contributed by atoms with Crippen molar-refractivity contribution < 1.29 is 14.9 Å². The molecule has 0 amide bonds. The summed E-state index contributed by atoms with van der Waals surface area (Å²) in [4.78, 5) is 17.2. The minimum absolute atomic E-state index is 1.90. The molecule has 0 aromatic rings. The Labute approximate surface area is 77.7 Å². The van der Waals surface area contributed by atoms with E-state index in [0.717, 1.165) is 0 Å². The summed E-state index contributed by atoms with van der Waals surface area (Å²) in [7, 11) is 0. The van der Waals surface area contributed by atoms with E-state index in [1.165, 1.54) is 0 Å². The van der Waals surface area contributed by atoms with Gasteiger partial charge in [-0.15, -0.1) is 0 Å². The molecule has 10 heavy (non-hydrogen) atoms. The first-order valence-corrected chi connectivity index (χ1v) is 5.87. The molecule has 0 saturated carbocycles. The Hall–Kier alpha value is 1.40. The van der Waals surface area contributed by atoms with Gasteiger partial charge in [0.1, 0.15) is 0 Å². The SMILES string of the molecule is OC(C(Cl)(Cl)Cl)P(O)(O)=S. The summed E-state index contributed by atoms with van der Waals surface area (Å²) in [5, 5.41) is 8.77. The first-order chi connectivity index (χ1) is 4.15. The predicted octanol–water partition coefficient (Wildman–Crippen LogP) is 0.969. The van der Waals surface area contributed by atoms with E-state index in [1.54, 1.807) is 0 Å². The highest BCUT2D eigenvalue weighted by molar-refractivity contribution is 8.09. The zero-order valence-corrected chi connectivity index (χ0v) is 8.39. The van der Waals surface area contributed by atoms with E-state index in [1.807, 2.05) is 0 Å². The first kappa shape index (κ1) is 11.4. The van der Waals surface area contributed by atoms with E-state index in [-0.39, 0.29) is 0 Å². The highest BCUT2D eigenvalue weighted by Gasteiger charge is 2.40. The highest BCUT2D eigenvalue weighted by atomic mass is 35.6. The molecular formula is C2H4Cl3O3PS. The fourth-order valence-electron chi connectivity index (χ4n) is 0.191. The average Bonchev–Trinajstić information content (AvgIpc) is 1.59. The average molecular weight is 245 g/mol. The minimum Gasteiger partial charge on any atom is -0.379 e. The maximum Gasteiger partial charge on any atom is 0.225 e. The van der Waals surface area contributed by atoms with Crippen LogP contribution in [0.4, 0.5) is 0 Å². The van der Waals surface area contributed by atoms with Crippen LogP contribution in [0.1, 0.15) is 0 Å². The van der Waals surface area contributed by atoms with E-state index in [9.17, 15) is 0 Å². The van der Waals surface area contributed by atoms with Crippen LogP contribution in [0.5, 0.6) is 0 Å². The van der Waals surface area contributed by atoms with Gasteiger partial charge in [0.25, 0.3) is 0 Å². The molecule has 0 aliphatic rings. The Balaban J connectivity index is 4.39. The summed E-state index contributed by atoms with van der Waals surface area (Å²) in [5.41, 5.74) is 0. The number of rotatable bonds is 1. The number of alkyl halides is 3. The van der Waals surface area contributed by atoms with E-state index in [4.69, 9.17) is 49.7 Å². The summed E-state index contributed by atoms with van der Waals surface area (Å²) in [5.74, 6) is -1.90. The molecule has 0 rings (SSSR count). The normalized spacial score (nSPS) is 17.0. The van der Waals surface area contributed by atoms with Gasteiger partial charge in [-0.3, -0.25) is 0 Å². The molecule has 0 bridgehead atoms. The van der Waals surface area contributed by atoms with Crippen LogP contribution in [0, 0.1) is 0 Å². The standard InChI is InChI=1S/C2H4Cl3O3PS/c3-2(4,5)1(6)9(7,8)10/h1,6H,(H2,7,8,10). The zero-order valence-electron chi connectivity index (χ0n) is 4.41. The molecule has 3 N–H and O–H groups in total. The third kappa shape index (κ3) is 3.69. The summed E-state index contributed by atoms with van der Waals surface area (Å²) < 4.78 is -2.14. The largest absolute Gasteiger partial charge is 0.379 e. The maximum absolute atomic E-state index is 8.77. The van der Waals surface area contributed by atoms with Gasteiger partial charge >= 0.3 is 0 Å². The lowest BCUT2D eigenvalue weighted by atomic mass is 10.8. The van der Waals surface area contributed by atoms with Crippen molar-refractivity contribution in [2.24, 2.45) is 0 Å². The van der Waals surface area contributed by atoms with Crippen molar-refractivity contribution in [2.75, 3.05) is 0 Å². The second-order valence-electron chi connectivity index (χ2n) is 1.50. The van der Waals surface area contributed by atoms with Crippen LogP contribution in [-0.2, 0) is 11.8 Å².